The highest BCUT2D eigenvalue weighted by molar-refractivity contribution is 7.13. The number of amides is 1. The van der Waals surface area contributed by atoms with E-state index in [1.807, 2.05) is 47.8 Å². The summed E-state index contributed by atoms with van der Waals surface area (Å²) in [7, 11) is 0. The molecule has 0 unspecified atom stereocenters. The third-order valence-electron chi connectivity index (χ3n) is 4.08. The molecule has 0 atom stereocenters. The molecule has 0 aliphatic heterocycles. The molecule has 134 valence electrons. The number of rotatable bonds is 5. The van der Waals surface area contributed by atoms with Gasteiger partial charge in [0.1, 0.15) is 17.2 Å². The largest absolute Gasteiger partial charge is 0.347 e. The average molecular weight is 377 g/mol. The number of hydrogen-bond acceptors (Lipinski definition) is 3. The maximum Gasteiger partial charge on any atom is 0.270 e. The fourth-order valence-corrected chi connectivity index (χ4v) is 3.42. The molecule has 0 radical (unpaired) electrons. The predicted octanol–water partition coefficient (Wildman–Crippen LogP) is 4.67. The lowest BCUT2D eigenvalue weighted by Gasteiger charge is -2.08. The molecule has 27 heavy (non-hydrogen) atoms. The Bertz CT molecular complexity index is 1040. The molecular formula is C21H16FN3OS. The molecule has 0 spiro atoms. The highest BCUT2D eigenvalue weighted by Crippen LogP contribution is 2.26. The van der Waals surface area contributed by atoms with Crippen molar-refractivity contribution in [1.82, 2.24) is 15.1 Å². The van der Waals surface area contributed by atoms with Gasteiger partial charge in [-0.3, -0.25) is 4.79 Å². The first kappa shape index (κ1) is 17.2. The normalized spacial score (nSPS) is 10.7. The lowest BCUT2D eigenvalue weighted by molar-refractivity contribution is 0.0943. The van der Waals surface area contributed by atoms with Crippen molar-refractivity contribution in [2.45, 2.75) is 6.54 Å². The van der Waals surface area contributed by atoms with Crippen LogP contribution in [-0.2, 0) is 6.54 Å². The summed E-state index contributed by atoms with van der Waals surface area (Å²) in [5, 5.41) is 9.46. The maximum absolute atomic E-state index is 13.3. The summed E-state index contributed by atoms with van der Waals surface area (Å²) in [4.78, 5) is 13.8. The van der Waals surface area contributed by atoms with E-state index in [0.717, 1.165) is 10.4 Å². The Kier molecular flexibility index (Phi) is 4.80. The molecule has 2 heterocycles. The van der Waals surface area contributed by atoms with Gasteiger partial charge in [-0.1, -0.05) is 36.4 Å². The van der Waals surface area contributed by atoms with E-state index in [2.05, 4.69) is 10.4 Å². The second-order valence-corrected chi connectivity index (χ2v) is 6.90. The van der Waals surface area contributed by atoms with Crippen molar-refractivity contribution in [3.63, 3.8) is 0 Å². The van der Waals surface area contributed by atoms with E-state index in [1.165, 1.54) is 12.1 Å². The number of hydrogen-bond donors (Lipinski definition) is 1. The van der Waals surface area contributed by atoms with Crippen LogP contribution in [0.4, 0.5) is 4.39 Å². The Labute approximate surface area is 159 Å². The Morgan fingerprint density at radius 3 is 2.52 bits per heavy atom. The first-order valence-electron chi connectivity index (χ1n) is 8.43. The number of aromatic nitrogens is 2. The van der Waals surface area contributed by atoms with Crippen LogP contribution in [0, 0.1) is 5.82 Å². The molecular weight excluding hydrogens is 361 g/mol. The fraction of sp³-hybridized carbons (Fsp3) is 0.0476. The van der Waals surface area contributed by atoms with Gasteiger partial charge >= 0.3 is 0 Å². The van der Waals surface area contributed by atoms with Gasteiger partial charge in [-0.05, 0) is 47.3 Å². The molecule has 0 aliphatic carbocycles. The maximum atomic E-state index is 13.3. The second kappa shape index (κ2) is 7.55. The Morgan fingerprint density at radius 1 is 1.04 bits per heavy atom. The topological polar surface area (TPSA) is 46.9 Å². The van der Waals surface area contributed by atoms with Crippen LogP contribution in [0.1, 0.15) is 16.1 Å². The minimum absolute atomic E-state index is 0.238. The van der Waals surface area contributed by atoms with Crippen molar-refractivity contribution in [3.05, 3.63) is 95.3 Å². The van der Waals surface area contributed by atoms with E-state index in [9.17, 15) is 9.18 Å². The molecule has 2 aromatic heterocycles. The van der Waals surface area contributed by atoms with Crippen LogP contribution in [-0.4, -0.2) is 15.7 Å². The predicted molar refractivity (Wildman–Crippen MR) is 104 cm³/mol. The van der Waals surface area contributed by atoms with Gasteiger partial charge in [0.15, 0.2) is 0 Å². The number of nitrogens with one attached hydrogen (secondary N) is 1. The van der Waals surface area contributed by atoms with E-state index in [4.69, 9.17) is 0 Å². The van der Waals surface area contributed by atoms with Gasteiger partial charge in [-0.15, -0.1) is 11.3 Å². The van der Waals surface area contributed by atoms with E-state index >= 15 is 0 Å². The number of thiophene rings is 1. The summed E-state index contributed by atoms with van der Waals surface area (Å²) in [6.07, 6.45) is 0. The van der Waals surface area contributed by atoms with E-state index in [1.54, 1.807) is 34.2 Å². The number of benzene rings is 2. The lowest BCUT2D eigenvalue weighted by atomic mass is 10.2. The molecule has 0 bridgehead atoms. The number of nitrogens with zero attached hydrogens (tertiary/aromatic N) is 2. The van der Waals surface area contributed by atoms with Crippen molar-refractivity contribution in [3.8, 4) is 16.3 Å². The second-order valence-electron chi connectivity index (χ2n) is 5.95. The third kappa shape index (κ3) is 3.80. The highest BCUT2D eigenvalue weighted by atomic mass is 32.1. The fourth-order valence-electron chi connectivity index (χ4n) is 2.74. The van der Waals surface area contributed by atoms with Gasteiger partial charge in [-0.2, -0.15) is 5.10 Å². The molecule has 6 heteroatoms. The summed E-state index contributed by atoms with van der Waals surface area (Å²) >= 11 is 1.55. The molecule has 0 fully saturated rings. The van der Waals surface area contributed by atoms with Gasteiger partial charge in [0.2, 0.25) is 0 Å². The molecule has 4 aromatic rings. The minimum atomic E-state index is -0.334. The van der Waals surface area contributed by atoms with Crippen molar-refractivity contribution < 1.29 is 9.18 Å². The zero-order valence-corrected chi connectivity index (χ0v) is 15.1. The highest BCUT2D eigenvalue weighted by Gasteiger charge is 2.18. The first-order valence-corrected chi connectivity index (χ1v) is 9.31. The van der Waals surface area contributed by atoms with Crippen LogP contribution in [0.3, 0.4) is 0 Å². The van der Waals surface area contributed by atoms with Crippen LogP contribution in [0.25, 0.3) is 16.3 Å². The quantitative estimate of drug-likeness (QED) is 0.549. The van der Waals surface area contributed by atoms with Gasteiger partial charge in [0.05, 0.1) is 10.6 Å². The Morgan fingerprint density at radius 2 is 1.81 bits per heavy atom. The lowest BCUT2D eigenvalue weighted by Crippen LogP contribution is -2.25. The van der Waals surface area contributed by atoms with E-state index < -0.39 is 0 Å². The molecule has 2 aromatic carbocycles. The van der Waals surface area contributed by atoms with E-state index in [-0.39, 0.29) is 11.7 Å². The van der Waals surface area contributed by atoms with Gasteiger partial charge in [-0.25, -0.2) is 9.07 Å². The van der Waals surface area contributed by atoms with Crippen LogP contribution >= 0.6 is 11.3 Å². The molecule has 0 aliphatic rings. The number of carbonyl (C=O) groups is 1. The Hall–Kier alpha value is -3.25. The van der Waals surface area contributed by atoms with Gasteiger partial charge in [0, 0.05) is 6.54 Å². The minimum Gasteiger partial charge on any atom is -0.347 e. The number of carbonyl (C=O) groups excluding carboxylic acids is 1. The SMILES string of the molecule is O=C(NCc1ccccc1)c1cc(-c2cccs2)nn1-c1ccc(F)cc1. The zero-order valence-electron chi connectivity index (χ0n) is 14.3. The first-order chi connectivity index (χ1) is 13.2. The van der Waals surface area contributed by atoms with Crippen LogP contribution in [0.2, 0.25) is 0 Å². The summed E-state index contributed by atoms with van der Waals surface area (Å²) in [6.45, 7) is 0.419. The van der Waals surface area contributed by atoms with E-state index in [0.29, 0.717) is 23.6 Å². The molecule has 0 saturated carbocycles. The number of halogens is 1. The summed E-state index contributed by atoms with van der Waals surface area (Å²) < 4.78 is 14.8. The molecule has 0 saturated heterocycles. The van der Waals surface area contributed by atoms with Crippen LogP contribution in [0.5, 0.6) is 0 Å². The third-order valence-corrected chi connectivity index (χ3v) is 4.98. The molecule has 4 rings (SSSR count). The summed E-state index contributed by atoms with van der Waals surface area (Å²) in [5.41, 5.74) is 2.75. The zero-order chi connectivity index (χ0) is 18.6. The average Bonchev–Trinajstić information content (AvgIpc) is 3.37. The standard InChI is InChI=1S/C21H16FN3OS/c22-16-8-10-17(11-9-16)25-19(13-18(24-25)20-7-4-12-27-20)21(26)23-14-15-5-2-1-3-6-15/h1-13H,14H2,(H,23,26). The molecule has 4 nitrogen and oxygen atoms in total. The summed E-state index contributed by atoms with van der Waals surface area (Å²) in [5.74, 6) is -0.571. The monoisotopic (exact) mass is 377 g/mol. The van der Waals surface area contributed by atoms with Gasteiger partial charge < -0.3 is 5.32 Å². The van der Waals surface area contributed by atoms with Crippen molar-refractivity contribution in [1.29, 1.82) is 0 Å². The smallest absolute Gasteiger partial charge is 0.270 e. The Balaban J connectivity index is 1.67. The van der Waals surface area contributed by atoms with Crippen molar-refractivity contribution >= 4 is 17.2 Å². The van der Waals surface area contributed by atoms with Crippen LogP contribution < -0.4 is 5.32 Å². The molecule has 1 N–H and O–H groups in total. The van der Waals surface area contributed by atoms with Crippen LogP contribution in [0.15, 0.2) is 78.2 Å². The van der Waals surface area contributed by atoms with Crippen molar-refractivity contribution in [2.75, 3.05) is 0 Å². The van der Waals surface area contributed by atoms with Gasteiger partial charge in [0.25, 0.3) is 5.91 Å². The molecule has 1 amide bonds. The summed E-state index contributed by atoms with van der Waals surface area (Å²) in [6, 6.07) is 21.3. The van der Waals surface area contributed by atoms with Crippen molar-refractivity contribution in [2.24, 2.45) is 0 Å².